The molecule has 2 atom stereocenters. The number of ether oxygens (including phenoxy) is 1. The summed E-state index contributed by atoms with van der Waals surface area (Å²) in [5.74, 6) is 0. The van der Waals surface area contributed by atoms with Crippen LogP contribution in [0, 0.1) is 0 Å². The molecule has 1 fully saturated rings. The van der Waals surface area contributed by atoms with Crippen LogP contribution in [0.5, 0.6) is 0 Å². The fourth-order valence-corrected chi connectivity index (χ4v) is 2.55. The molecule has 3 nitrogen and oxygen atoms in total. The van der Waals surface area contributed by atoms with Crippen LogP contribution in [0.1, 0.15) is 25.5 Å². The van der Waals surface area contributed by atoms with Gasteiger partial charge in [0, 0.05) is 28.3 Å². The highest BCUT2D eigenvalue weighted by Gasteiger charge is 2.22. The maximum absolute atomic E-state index is 9.84. The van der Waals surface area contributed by atoms with Crippen molar-refractivity contribution in [1.29, 1.82) is 0 Å². The van der Waals surface area contributed by atoms with E-state index in [4.69, 9.17) is 4.74 Å². The molecule has 1 saturated heterocycles. The zero-order valence-corrected chi connectivity index (χ0v) is 11.8. The van der Waals surface area contributed by atoms with Gasteiger partial charge in [-0.3, -0.25) is 0 Å². The van der Waals surface area contributed by atoms with E-state index < -0.39 is 6.10 Å². The SMILES string of the molecule is CC(O)c1ccc(Br)cc1N1CCOCC1C. The molecule has 0 spiro atoms. The summed E-state index contributed by atoms with van der Waals surface area (Å²) in [6, 6.07) is 6.36. The van der Waals surface area contributed by atoms with Gasteiger partial charge in [0.1, 0.15) is 0 Å². The van der Waals surface area contributed by atoms with E-state index in [0.717, 1.165) is 35.5 Å². The van der Waals surface area contributed by atoms with Gasteiger partial charge >= 0.3 is 0 Å². The minimum Gasteiger partial charge on any atom is -0.389 e. The number of rotatable bonds is 2. The molecule has 0 aliphatic carbocycles. The van der Waals surface area contributed by atoms with E-state index in [1.165, 1.54) is 0 Å². The highest BCUT2D eigenvalue weighted by molar-refractivity contribution is 9.10. The maximum atomic E-state index is 9.84. The number of anilines is 1. The molecule has 1 heterocycles. The van der Waals surface area contributed by atoms with E-state index >= 15 is 0 Å². The fraction of sp³-hybridized carbons (Fsp3) is 0.538. The van der Waals surface area contributed by atoms with E-state index in [1.54, 1.807) is 6.92 Å². The van der Waals surface area contributed by atoms with Crippen LogP contribution in [0.2, 0.25) is 0 Å². The average molecular weight is 300 g/mol. The number of halogens is 1. The van der Waals surface area contributed by atoms with Crippen molar-refractivity contribution < 1.29 is 9.84 Å². The van der Waals surface area contributed by atoms with Crippen molar-refractivity contribution in [3.8, 4) is 0 Å². The van der Waals surface area contributed by atoms with Crippen LogP contribution in [-0.4, -0.2) is 30.9 Å². The summed E-state index contributed by atoms with van der Waals surface area (Å²) >= 11 is 3.49. The van der Waals surface area contributed by atoms with Crippen molar-refractivity contribution in [3.05, 3.63) is 28.2 Å². The van der Waals surface area contributed by atoms with Gasteiger partial charge in [-0.1, -0.05) is 22.0 Å². The largest absolute Gasteiger partial charge is 0.389 e. The van der Waals surface area contributed by atoms with Crippen molar-refractivity contribution in [2.75, 3.05) is 24.7 Å². The fourth-order valence-electron chi connectivity index (χ4n) is 2.20. The molecule has 2 unspecified atom stereocenters. The van der Waals surface area contributed by atoms with Crippen LogP contribution in [0.4, 0.5) is 5.69 Å². The summed E-state index contributed by atoms with van der Waals surface area (Å²) in [5, 5.41) is 9.84. The van der Waals surface area contributed by atoms with Crippen molar-refractivity contribution in [2.45, 2.75) is 26.0 Å². The summed E-state index contributed by atoms with van der Waals surface area (Å²) in [4.78, 5) is 2.30. The Balaban J connectivity index is 2.37. The van der Waals surface area contributed by atoms with Gasteiger partial charge in [-0.2, -0.15) is 0 Å². The molecule has 4 heteroatoms. The summed E-state index contributed by atoms with van der Waals surface area (Å²) < 4.78 is 6.49. The molecule has 1 aliphatic rings. The molecule has 1 aromatic rings. The van der Waals surface area contributed by atoms with Crippen LogP contribution >= 0.6 is 15.9 Å². The Morgan fingerprint density at radius 1 is 1.53 bits per heavy atom. The number of aliphatic hydroxyl groups is 1. The standard InChI is InChI=1S/C13H18BrNO2/c1-9-8-17-6-5-15(9)13-7-11(14)3-4-12(13)10(2)16/h3-4,7,9-10,16H,5-6,8H2,1-2H3. The van der Waals surface area contributed by atoms with E-state index in [0.29, 0.717) is 6.04 Å². The molecule has 0 amide bonds. The number of morpholine rings is 1. The summed E-state index contributed by atoms with van der Waals surface area (Å²) in [6.07, 6.45) is -0.451. The molecule has 1 aromatic carbocycles. The van der Waals surface area contributed by atoms with Gasteiger partial charge in [-0.05, 0) is 26.0 Å². The first-order chi connectivity index (χ1) is 8.09. The van der Waals surface area contributed by atoms with Crippen molar-refractivity contribution >= 4 is 21.6 Å². The van der Waals surface area contributed by atoms with Gasteiger partial charge < -0.3 is 14.7 Å². The van der Waals surface area contributed by atoms with E-state index in [2.05, 4.69) is 33.8 Å². The van der Waals surface area contributed by atoms with Gasteiger partial charge in [-0.15, -0.1) is 0 Å². The molecule has 1 N–H and O–H groups in total. The lowest BCUT2D eigenvalue weighted by Gasteiger charge is -2.37. The van der Waals surface area contributed by atoms with Crippen LogP contribution in [0.3, 0.4) is 0 Å². The van der Waals surface area contributed by atoms with Crippen LogP contribution < -0.4 is 4.90 Å². The van der Waals surface area contributed by atoms with Gasteiger partial charge in [0.25, 0.3) is 0 Å². The molecular formula is C13H18BrNO2. The predicted octanol–water partition coefficient (Wildman–Crippen LogP) is 2.73. The number of aliphatic hydroxyl groups excluding tert-OH is 1. The van der Waals surface area contributed by atoms with Crippen LogP contribution in [0.25, 0.3) is 0 Å². The maximum Gasteiger partial charge on any atom is 0.0782 e. The van der Waals surface area contributed by atoms with Gasteiger partial charge in [0.05, 0.1) is 19.3 Å². The summed E-state index contributed by atoms with van der Waals surface area (Å²) in [6.45, 7) is 6.31. The normalized spacial score (nSPS) is 22.6. The Kier molecular flexibility index (Phi) is 4.07. The Hall–Kier alpha value is -0.580. The minimum atomic E-state index is -0.451. The Bertz CT molecular complexity index is 395. The van der Waals surface area contributed by atoms with Gasteiger partial charge in [0.2, 0.25) is 0 Å². The lowest BCUT2D eigenvalue weighted by atomic mass is 10.1. The second-order valence-corrected chi connectivity index (χ2v) is 5.41. The third kappa shape index (κ3) is 2.81. The zero-order chi connectivity index (χ0) is 12.4. The lowest BCUT2D eigenvalue weighted by molar-refractivity contribution is 0.0984. The number of hydrogen-bond acceptors (Lipinski definition) is 3. The predicted molar refractivity (Wildman–Crippen MR) is 72.4 cm³/mol. The van der Waals surface area contributed by atoms with Crippen LogP contribution in [-0.2, 0) is 4.74 Å². The first-order valence-electron chi connectivity index (χ1n) is 5.91. The molecule has 0 aromatic heterocycles. The molecular weight excluding hydrogens is 282 g/mol. The summed E-state index contributed by atoms with van der Waals surface area (Å²) in [7, 11) is 0. The highest BCUT2D eigenvalue weighted by Crippen LogP contribution is 2.31. The van der Waals surface area contributed by atoms with Crippen molar-refractivity contribution in [2.24, 2.45) is 0 Å². The molecule has 1 aliphatic heterocycles. The smallest absolute Gasteiger partial charge is 0.0782 e. The topological polar surface area (TPSA) is 32.7 Å². The number of benzene rings is 1. The molecule has 2 rings (SSSR count). The second-order valence-electron chi connectivity index (χ2n) is 4.50. The monoisotopic (exact) mass is 299 g/mol. The Labute approximate surface area is 111 Å². The zero-order valence-electron chi connectivity index (χ0n) is 10.2. The van der Waals surface area contributed by atoms with Crippen LogP contribution in [0.15, 0.2) is 22.7 Å². The molecule has 17 heavy (non-hydrogen) atoms. The third-order valence-electron chi connectivity index (χ3n) is 3.12. The quantitative estimate of drug-likeness (QED) is 0.911. The van der Waals surface area contributed by atoms with Gasteiger partial charge in [0.15, 0.2) is 0 Å². The van der Waals surface area contributed by atoms with Crippen molar-refractivity contribution in [3.63, 3.8) is 0 Å². The minimum absolute atomic E-state index is 0.343. The molecule has 0 bridgehead atoms. The first kappa shape index (κ1) is 12.9. The van der Waals surface area contributed by atoms with E-state index in [-0.39, 0.29) is 0 Å². The highest BCUT2D eigenvalue weighted by atomic mass is 79.9. The second kappa shape index (κ2) is 5.38. The van der Waals surface area contributed by atoms with E-state index in [9.17, 15) is 5.11 Å². The summed E-state index contributed by atoms with van der Waals surface area (Å²) in [5.41, 5.74) is 2.08. The molecule has 0 radical (unpaired) electrons. The Morgan fingerprint density at radius 2 is 2.29 bits per heavy atom. The average Bonchev–Trinajstić information content (AvgIpc) is 2.29. The van der Waals surface area contributed by atoms with Crippen molar-refractivity contribution in [1.82, 2.24) is 0 Å². The Morgan fingerprint density at radius 3 is 2.94 bits per heavy atom. The lowest BCUT2D eigenvalue weighted by Crippen LogP contribution is -2.44. The number of hydrogen-bond donors (Lipinski definition) is 1. The van der Waals surface area contributed by atoms with E-state index in [1.807, 2.05) is 12.1 Å². The molecule has 94 valence electrons. The molecule has 0 saturated carbocycles. The van der Waals surface area contributed by atoms with Gasteiger partial charge in [-0.25, -0.2) is 0 Å². The number of nitrogens with zero attached hydrogens (tertiary/aromatic N) is 1. The third-order valence-corrected chi connectivity index (χ3v) is 3.61. The first-order valence-corrected chi connectivity index (χ1v) is 6.71.